The van der Waals surface area contributed by atoms with Gasteiger partial charge in [-0.3, -0.25) is 0 Å². The minimum Gasteiger partial charge on any atom is -0.396 e. The maximum absolute atomic E-state index is 5.94. The number of rotatable bonds is 3. The lowest BCUT2D eigenvalue weighted by atomic mass is 10.1. The molecular formula is C12H13ClN4. The molecule has 1 aromatic heterocycles. The van der Waals surface area contributed by atoms with Gasteiger partial charge >= 0.3 is 0 Å². The van der Waals surface area contributed by atoms with Gasteiger partial charge in [-0.25, -0.2) is 9.97 Å². The molecule has 0 aliphatic heterocycles. The summed E-state index contributed by atoms with van der Waals surface area (Å²) in [6.07, 6.45) is 3.14. The van der Waals surface area contributed by atoms with Crippen LogP contribution in [-0.2, 0) is 0 Å². The standard InChI is InChI=1S/C12H13ClN4/c1-8(9-3-2-4-10(13)5-9)17-12-15-6-11(14)7-16-12/h2-8H,14H2,1H3,(H,15,16,17). The van der Waals surface area contributed by atoms with Crippen LogP contribution in [-0.4, -0.2) is 9.97 Å². The smallest absolute Gasteiger partial charge is 0.223 e. The van der Waals surface area contributed by atoms with Crippen LogP contribution >= 0.6 is 11.6 Å². The van der Waals surface area contributed by atoms with Crippen LogP contribution in [0.4, 0.5) is 11.6 Å². The van der Waals surface area contributed by atoms with Gasteiger partial charge in [-0.15, -0.1) is 0 Å². The van der Waals surface area contributed by atoms with Crippen LogP contribution in [0.1, 0.15) is 18.5 Å². The van der Waals surface area contributed by atoms with Crippen molar-refractivity contribution in [2.24, 2.45) is 0 Å². The van der Waals surface area contributed by atoms with E-state index in [0.717, 1.165) is 10.6 Å². The second kappa shape index (κ2) is 5.01. The van der Waals surface area contributed by atoms with E-state index in [-0.39, 0.29) is 6.04 Å². The predicted octanol–water partition coefficient (Wildman–Crippen LogP) is 2.89. The van der Waals surface area contributed by atoms with Gasteiger partial charge in [-0.1, -0.05) is 23.7 Å². The zero-order chi connectivity index (χ0) is 12.3. The highest BCUT2D eigenvalue weighted by molar-refractivity contribution is 6.30. The summed E-state index contributed by atoms with van der Waals surface area (Å²) in [6, 6.07) is 7.76. The van der Waals surface area contributed by atoms with Crippen molar-refractivity contribution in [1.29, 1.82) is 0 Å². The second-order valence-electron chi connectivity index (χ2n) is 3.76. The number of nitrogens with one attached hydrogen (secondary N) is 1. The summed E-state index contributed by atoms with van der Waals surface area (Å²) in [6.45, 7) is 2.02. The summed E-state index contributed by atoms with van der Waals surface area (Å²) in [5.74, 6) is 0.548. The van der Waals surface area contributed by atoms with Gasteiger partial charge in [0.2, 0.25) is 5.95 Å². The van der Waals surface area contributed by atoms with E-state index in [1.165, 1.54) is 0 Å². The number of anilines is 2. The Labute approximate surface area is 105 Å². The Kier molecular flexibility index (Phi) is 3.44. The fourth-order valence-electron chi connectivity index (χ4n) is 1.47. The Morgan fingerprint density at radius 3 is 2.65 bits per heavy atom. The van der Waals surface area contributed by atoms with Gasteiger partial charge in [-0.05, 0) is 24.6 Å². The number of nitrogens with two attached hydrogens (primary N) is 1. The zero-order valence-corrected chi connectivity index (χ0v) is 10.1. The molecule has 0 saturated heterocycles. The predicted molar refractivity (Wildman–Crippen MR) is 69.9 cm³/mol. The second-order valence-corrected chi connectivity index (χ2v) is 4.20. The fraction of sp³-hybridized carbons (Fsp3) is 0.167. The topological polar surface area (TPSA) is 63.8 Å². The molecule has 4 nitrogen and oxygen atoms in total. The summed E-state index contributed by atoms with van der Waals surface area (Å²) in [4.78, 5) is 8.17. The van der Waals surface area contributed by atoms with E-state index in [1.54, 1.807) is 12.4 Å². The highest BCUT2D eigenvalue weighted by Crippen LogP contribution is 2.20. The lowest BCUT2D eigenvalue weighted by Crippen LogP contribution is -2.09. The zero-order valence-electron chi connectivity index (χ0n) is 9.39. The summed E-state index contributed by atoms with van der Waals surface area (Å²) in [7, 11) is 0. The van der Waals surface area contributed by atoms with E-state index < -0.39 is 0 Å². The SMILES string of the molecule is CC(Nc1ncc(N)cn1)c1cccc(Cl)c1. The van der Waals surface area contributed by atoms with Crippen molar-refractivity contribution < 1.29 is 0 Å². The molecule has 1 heterocycles. The van der Waals surface area contributed by atoms with Crippen LogP contribution in [0.25, 0.3) is 0 Å². The fourth-order valence-corrected chi connectivity index (χ4v) is 1.66. The summed E-state index contributed by atoms with van der Waals surface area (Å²) in [5, 5.41) is 3.89. The molecular weight excluding hydrogens is 236 g/mol. The molecule has 88 valence electrons. The molecule has 0 radical (unpaired) electrons. The quantitative estimate of drug-likeness (QED) is 0.877. The van der Waals surface area contributed by atoms with Crippen molar-refractivity contribution >= 4 is 23.2 Å². The van der Waals surface area contributed by atoms with Crippen molar-refractivity contribution in [1.82, 2.24) is 9.97 Å². The normalized spacial score (nSPS) is 12.1. The molecule has 2 aromatic rings. The molecule has 0 bridgehead atoms. The minimum absolute atomic E-state index is 0.0809. The Bertz CT molecular complexity index is 498. The van der Waals surface area contributed by atoms with Crippen LogP contribution < -0.4 is 11.1 Å². The van der Waals surface area contributed by atoms with Crippen molar-refractivity contribution in [3.63, 3.8) is 0 Å². The van der Waals surface area contributed by atoms with E-state index in [4.69, 9.17) is 17.3 Å². The molecule has 3 N–H and O–H groups in total. The highest BCUT2D eigenvalue weighted by Gasteiger charge is 2.06. The van der Waals surface area contributed by atoms with Crippen LogP contribution in [0.3, 0.4) is 0 Å². The summed E-state index contributed by atoms with van der Waals surface area (Å²) >= 11 is 5.94. The van der Waals surface area contributed by atoms with Crippen molar-refractivity contribution in [3.8, 4) is 0 Å². The highest BCUT2D eigenvalue weighted by atomic mass is 35.5. The third-order valence-corrected chi connectivity index (χ3v) is 2.60. The maximum Gasteiger partial charge on any atom is 0.223 e. The number of nitrogens with zero attached hydrogens (tertiary/aromatic N) is 2. The molecule has 0 aliphatic carbocycles. The number of halogens is 1. The van der Waals surface area contributed by atoms with Gasteiger partial charge in [0.05, 0.1) is 24.1 Å². The molecule has 1 aromatic carbocycles. The van der Waals surface area contributed by atoms with E-state index in [0.29, 0.717) is 11.6 Å². The Morgan fingerprint density at radius 1 is 1.29 bits per heavy atom. The van der Waals surface area contributed by atoms with Gasteiger partial charge in [0.1, 0.15) is 0 Å². The van der Waals surface area contributed by atoms with Crippen LogP contribution in [0.2, 0.25) is 5.02 Å². The molecule has 0 spiro atoms. The molecule has 2 rings (SSSR count). The average molecular weight is 249 g/mol. The number of nitrogen functional groups attached to an aromatic ring is 1. The van der Waals surface area contributed by atoms with E-state index in [9.17, 15) is 0 Å². The summed E-state index contributed by atoms with van der Waals surface area (Å²) < 4.78 is 0. The van der Waals surface area contributed by atoms with Gasteiger partial charge in [0.25, 0.3) is 0 Å². The molecule has 5 heteroatoms. The molecule has 0 aliphatic rings. The average Bonchev–Trinajstić information content (AvgIpc) is 2.32. The molecule has 1 atom stereocenters. The Hall–Kier alpha value is -1.81. The molecule has 17 heavy (non-hydrogen) atoms. The monoisotopic (exact) mass is 248 g/mol. The minimum atomic E-state index is 0.0809. The third-order valence-electron chi connectivity index (χ3n) is 2.37. The van der Waals surface area contributed by atoms with Crippen molar-refractivity contribution in [2.75, 3.05) is 11.1 Å². The maximum atomic E-state index is 5.94. The largest absolute Gasteiger partial charge is 0.396 e. The first-order valence-corrected chi connectivity index (χ1v) is 5.62. The van der Waals surface area contributed by atoms with E-state index in [1.807, 2.05) is 31.2 Å². The number of aromatic nitrogens is 2. The van der Waals surface area contributed by atoms with Crippen LogP contribution in [0.15, 0.2) is 36.7 Å². The molecule has 0 fully saturated rings. The third kappa shape index (κ3) is 3.07. The molecule has 0 saturated carbocycles. The van der Waals surface area contributed by atoms with Gasteiger partial charge in [-0.2, -0.15) is 0 Å². The lowest BCUT2D eigenvalue weighted by Gasteiger charge is -2.14. The first kappa shape index (κ1) is 11.7. The number of hydrogen-bond acceptors (Lipinski definition) is 4. The number of hydrogen-bond donors (Lipinski definition) is 2. The van der Waals surface area contributed by atoms with Gasteiger partial charge < -0.3 is 11.1 Å². The lowest BCUT2D eigenvalue weighted by molar-refractivity contribution is 0.861. The molecule has 0 amide bonds. The van der Waals surface area contributed by atoms with E-state index in [2.05, 4.69) is 15.3 Å². The summed E-state index contributed by atoms with van der Waals surface area (Å²) in [5.41, 5.74) is 7.15. The first-order chi connectivity index (χ1) is 8.15. The number of benzene rings is 1. The first-order valence-electron chi connectivity index (χ1n) is 5.24. The Morgan fingerprint density at radius 2 is 2.00 bits per heavy atom. The molecule has 1 unspecified atom stereocenters. The van der Waals surface area contributed by atoms with Crippen LogP contribution in [0, 0.1) is 0 Å². The van der Waals surface area contributed by atoms with Gasteiger partial charge in [0, 0.05) is 5.02 Å². The van der Waals surface area contributed by atoms with Crippen LogP contribution in [0.5, 0.6) is 0 Å². The van der Waals surface area contributed by atoms with Crippen molar-refractivity contribution in [3.05, 3.63) is 47.2 Å². The van der Waals surface area contributed by atoms with Crippen molar-refractivity contribution in [2.45, 2.75) is 13.0 Å². The van der Waals surface area contributed by atoms with Gasteiger partial charge in [0.15, 0.2) is 0 Å². The van der Waals surface area contributed by atoms with E-state index >= 15 is 0 Å². The Balaban J connectivity index is 2.11.